The maximum absolute atomic E-state index is 11.9. The van der Waals surface area contributed by atoms with Crippen molar-refractivity contribution in [3.05, 3.63) is 33.0 Å². The number of thioether (sulfide) groups is 1. The van der Waals surface area contributed by atoms with E-state index in [0.717, 1.165) is 21.3 Å². The zero-order chi connectivity index (χ0) is 12.3. The van der Waals surface area contributed by atoms with Crippen molar-refractivity contribution < 1.29 is 4.79 Å². The lowest BCUT2D eigenvalue weighted by molar-refractivity contribution is 0.102. The van der Waals surface area contributed by atoms with Crippen LogP contribution >= 0.6 is 34.4 Å². The van der Waals surface area contributed by atoms with Crippen LogP contribution in [-0.4, -0.2) is 16.5 Å². The molecule has 17 heavy (non-hydrogen) atoms. The predicted molar refractivity (Wildman–Crippen MR) is 75.6 cm³/mol. The van der Waals surface area contributed by atoms with Crippen LogP contribution in [0.15, 0.2) is 21.9 Å². The number of nitrogens with zero attached hydrogens (tertiary/aromatic N) is 1. The summed E-state index contributed by atoms with van der Waals surface area (Å²) in [6.07, 6.45) is 0.997. The number of carbonyl (C=O) groups excluding carboxylic acids is 1. The number of aryl methyl sites for hydroxylation is 2. The largest absolute Gasteiger partial charge is 0.292 e. The van der Waals surface area contributed by atoms with Crippen LogP contribution in [0.3, 0.4) is 0 Å². The van der Waals surface area contributed by atoms with Crippen LogP contribution in [0.5, 0.6) is 0 Å². The van der Waals surface area contributed by atoms with E-state index >= 15 is 0 Å². The minimum absolute atomic E-state index is 0.201. The minimum Gasteiger partial charge on any atom is -0.292 e. The summed E-state index contributed by atoms with van der Waals surface area (Å²) in [6.45, 7) is 4.07. The second-order valence-corrected chi connectivity index (χ2v) is 6.84. The van der Waals surface area contributed by atoms with Gasteiger partial charge in [-0.25, -0.2) is 4.98 Å². The molecular formula is C12H13NOS3. The number of hydrogen-bond donors (Lipinski definition) is 0. The van der Waals surface area contributed by atoms with Crippen LogP contribution in [-0.2, 0) is 6.42 Å². The number of ketones is 1. The second kappa shape index (κ2) is 5.80. The number of aromatic nitrogens is 1. The Morgan fingerprint density at radius 1 is 1.47 bits per heavy atom. The molecule has 2 rings (SSSR count). The highest BCUT2D eigenvalue weighted by molar-refractivity contribution is 8.01. The predicted octanol–water partition coefficient (Wildman–Crippen LogP) is 4.05. The molecule has 0 N–H and O–H groups in total. The second-order valence-electron chi connectivity index (χ2n) is 3.59. The van der Waals surface area contributed by atoms with Gasteiger partial charge in [-0.3, -0.25) is 4.79 Å². The Kier molecular flexibility index (Phi) is 4.36. The van der Waals surface area contributed by atoms with Crippen LogP contribution in [0.1, 0.15) is 27.2 Å². The topological polar surface area (TPSA) is 30.0 Å². The van der Waals surface area contributed by atoms with Crippen molar-refractivity contribution in [2.75, 3.05) is 5.75 Å². The molecule has 5 heteroatoms. The zero-order valence-electron chi connectivity index (χ0n) is 9.73. The van der Waals surface area contributed by atoms with Gasteiger partial charge in [0.25, 0.3) is 0 Å². The molecule has 0 saturated heterocycles. The number of Topliss-reactive ketones (excluding diaryl/α,β-unsaturated/α-hetero) is 1. The van der Waals surface area contributed by atoms with E-state index < -0.39 is 0 Å². The van der Waals surface area contributed by atoms with E-state index in [4.69, 9.17) is 0 Å². The van der Waals surface area contributed by atoms with Crippen molar-refractivity contribution in [1.82, 2.24) is 4.98 Å². The highest BCUT2D eigenvalue weighted by Gasteiger charge is 2.10. The zero-order valence-corrected chi connectivity index (χ0v) is 12.2. The van der Waals surface area contributed by atoms with Gasteiger partial charge in [0.1, 0.15) is 0 Å². The fourth-order valence-electron chi connectivity index (χ4n) is 1.31. The highest BCUT2D eigenvalue weighted by atomic mass is 32.2. The number of hydrogen-bond acceptors (Lipinski definition) is 5. The molecular weight excluding hydrogens is 270 g/mol. The molecule has 0 aliphatic heterocycles. The van der Waals surface area contributed by atoms with Gasteiger partial charge >= 0.3 is 0 Å². The first-order valence-electron chi connectivity index (χ1n) is 5.36. The molecule has 0 aliphatic carbocycles. The van der Waals surface area contributed by atoms with Crippen molar-refractivity contribution >= 4 is 40.2 Å². The molecule has 0 radical (unpaired) electrons. The number of carbonyl (C=O) groups is 1. The van der Waals surface area contributed by atoms with E-state index in [0.29, 0.717) is 5.75 Å². The molecule has 0 spiro atoms. The van der Waals surface area contributed by atoms with Crippen molar-refractivity contribution in [1.29, 1.82) is 0 Å². The minimum atomic E-state index is 0.201. The quantitative estimate of drug-likeness (QED) is 0.612. The van der Waals surface area contributed by atoms with Crippen LogP contribution in [0, 0.1) is 6.92 Å². The van der Waals surface area contributed by atoms with Crippen molar-refractivity contribution in [3.63, 3.8) is 0 Å². The van der Waals surface area contributed by atoms with E-state index in [9.17, 15) is 4.79 Å². The molecule has 90 valence electrons. The fourth-order valence-corrected chi connectivity index (χ4v) is 4.02. The van der Waals surface area contributed by atoms with E-state index in [1.54, 1.807) is 22.7 Å². The smallest absolute Gasteiger partial charge is 0.183 e. The first kappa shape index (κ1) is 12.8. The van der Waals surface area contributed by atoms with E-state index in [1.165, 1.54) is 16.6 Å². The molecule has 0 unspecified atom stereocenters. The summed E-state index contributed by atoms with van der Waals surface area (Å²) in [5.74, 6) is 0.684. The van der Waals surface area contributed by atoms with Gasteiger partial charge in [-0.1, -0.05) is 18.7 Å². The number of rotatable bonds is 5. The van der Waals surface area contributed by atoms with Gasteiger partial charge in [-0.15, -0.1) is 22.7 Å². The Labute approximate surface area is 113 Å². The summed E-state index contributed by atoms with van der Waals surface area (Å²) in [7, 11) is 0. The molecule has 2 nitrogen and oxygen atoms in total. The van der Waals surface area contributed by atoms with Gasteiger partial charge in [0.2, 0.25) is 0 Å². The average molecular weight is 283 g/mol. The standard InChI is InChI=1S/C12H13NOS3/c1-3-9-4-5-11(17-9)10(14)7-16-12-13-8(2)6-15-12/h4-6H,3,7H2,1-2H3. The van der Waals surface area contributed by atoms with E-state index in [1.807, 2.05) is 24.4 Å². The maximum atomic E-state index is 11.9. The van der Waals surface area contributed by atoms with Crippen molar-refractivity contribution in [2.24, 2.45) is 0 Å². The first-order chi connectivity index (χ1) is 8.19. The van der Waals surface area contributed by atoms with E-state index in [-0.39, 0.29) is 5.78 Å². The highest BCUT2D eigenvalue weighted by Crippen LogP contribution is 2.25. The Morgan fingerprint density at radius 2 is 2.29 bits per heavy atom. The first-order valence-corrected chi connectivity index (χ1v) is 8.04. The van der Waals surface area contributed by atoms with Gasteiger partial charge < -0.3 is 0 Å². The van der Waals surface area contributed by atoms with Gasteiger partial charge in [0, 0.05) is 16.0 Å². The Morgan fingerprint density at radius 3 is 2.88 bits per heavy atom. The molecule has 0 amide bonds. The van der Waals surface area contributed by atoms with Gasteiger partial charge in [-0.05, 0) is 25.5 Å². The lowest BCUT2D eigenvalue weighted by atomic mass is 10.3. The molecule has 0 aromatic carbocycles. The Bertz CT molecular complexity index is 515. The van der Waals surface area contributed by atoms with Crippen molar-refractivity contribution in [3.8, 4) is 0 Å². The summed E-state index contributed by atoms with van der Waals surface area (Å²) in [5.41, 5.74) is 1.02. The van der Waals surface area contributed by atoms with Crippen LogP contribution in [0.2, 0.25) is 0 Å². The molecule has 0 fully saturated rings. The van der Waals surface area contributed by atoms with Gasteiger partial charge in [0.05, 0.1) is 10.6 Å². The summed E-state index contributed by atoms with van der Waals surface area (Å²) in [6, 6.07) is 3.97. The third-order valence-electron chi connectivity index (χ3n) is 2.21. The lowest BCUT2D eigenvalue weighted by Gasteiger charge is -1.95. The molecule has 0 atom stereocenters. The molecule has 2 aromatic rings. The van der Waals surface area contributed by atoms with Crippen LogP contribution in [0.25, 0.3) is 0 Å². The maximum Gasteiger partial charge on any atom is 0.183 e. The Balaban J connectivity index is 1.93. The van der Waals surface area contributed by atoms with E-state index in [2.05, 4.69) is 11.9 Å². The van der Waals surface area contributed by atoms with Crippen molar-refractivity contribution in [2.45, 2.75) is 24.6 Å². The lowest BCUT2D eigenvalue weighted by Crippen LogP contribution is -1.98. The Hall–Kier alpha value is -0.650. The van der Waals surface area contributed by atoms with Gasteiger partial charge in [-0.2, -0.15) is 0 Å². The average Bonchev–Trinajstić information content (AvgIpc) is 2.94. The SMILES string of the molecule is CCc1ccc(C(=O)CSc2nc(C)cs2)s1. The number of thiazole rings is 1. The molecule has 2 heterocycles. The molecule has 0 aliphatic rings. The molecule has 0 bridgehead atoms. The third-order valence-corrected chi connectivity index (χ3v) is 5.62. The normalized spacial score (nSPS) is 10.7. The monoisotopic (exact) mass is 283 g/mol. The summed E-state index contributed by atoms with van der Waals surface area (Å²) >= 11 is 4.73. The summed E-state index contributed by atoms with van der Waals surface area (Å²) < 4.78 is 0.975. The number of thiophene rings is 1. The fraction of sp³-hybridized carbons (Fsp3) is 0.333. The third kappa shape index (κ3) is 3.40. The summed E-state index contributed by atoms with van der Waals surface area (Å²) in [5, 5.41) is 2.01. The van der Waals surface area contributed by atoms with Crippen LogP contribution in [0.4, 0.5) is 0 Å². The van der Waals surface area contributed by atoms with Crippen LogP contribution < -0.4 is 0 Å². The molecule has 2 aromatic heterocycles. The summed E-state index contributed by atoms with van der Waals surface area (Å²) in [4.78, 5) is 18.4. The molecule has 0 saturated carbocycles. The van der Waals surface area contributed by atoms with Gasteiger partial charge in [0.15, 0.2) is 10.1 Å².